The lowest BCUT2D eigenvalue weighted by molar-refractivity contribution is 0.114. The number of hydrogen-bond acceptors (Lipinski definition) is 3. The minimum Gasteiger partial charge on any atom is -0.382 e. The Morgan fingerprint density at radius 3 is 2.62 bits per heavy atom. The van der Waals surface area contributed by atoms with E-state index in [1.165, 1.54) is 0 Å². The minimum absolute atomic E-state index is 0.206. The molecule has 1 unspecified atom stereocenters. The molecule has 0 rings (SSSR count). The van der Waals surface area contributed by atoms with Crippen molar-refractivity contribution in [3.05, 3.63) is 12.7 Å². The van der Waals surface area contributed by atoms with Crippen LogP contribution >= 0.6 is 0 Å². The first-order chi connectivity index (χ1) is 6.13. The fourth-order valence-corrected chi connectivity index (χ4v) is 1.10. The Labute approximate surface area is 80.4 Å². The van der Waals surface area contributed by atoms with Crippen molar-refractivity contribution >= 4 is 0 Å². The third-order valence-electron chi connectivity index (χ3n) is 2.12. The minimum atomic E-state index is -0.594. The Kier molecular flexibility index (Phi) is 5.36. The molecule has 0 aromatic rings. The first kappa shape index (κ1) is 12.2. The van der Waals surface area contributed by atoms with Crippen LogP contribution in [0.25, 0.3) is 0 Å². The van der Waals surface area contributed by atoms with Crippen LogP contribution in [0.4, 0.5) is 0 Å². The number of ether oxygens (including phenoxy) is 1. The highest BCUT2D eigenvalue weighted by molar-refractivity contribution is 5.10. The zero-order valence-corrected chi connectivity index (χ0v) is 8.63. The van der Waals surface area contributed by atoms with Gasteiger partial charge in [0, 0.05) is 13.7 Å². The number of nitrogens with one attached hydrogen (secondary N) is 1. The van der Waals surface area contributed by atoms with Crippen molar-refractivity contribution in [2.75, 3.05) is 20.3 Å². The molecule has 1 N–H and O–H groups in total. The second-order valence-corrected chi connectivity index (χ2v) is 3.34. The second kappa shape index (κ2) is 5.74. The van der Waals surface area contributed by atoms with Crippen molar-refractivity contribution < 1.29 is 4.74 Å². The Hall–Kier alpha value is -0.850. The Bertz CT molecular complexity index is 196. The molecule has 1 atom stereocenters. The van der Waals surface area contributed by atoms with Crippen LogP contribution in [-0.4, -0.2) is 25.8 Å². The number of rotatable bonds is 6. The van der Waals surface area contributed by atoms with Crippen molar-refractivity contribution in [1.82, 2.24) is 5.32 Å². The molecule has 0 aliphatic heterocycles. The number of nitriles is 1. The van der Waals surface area contributed by atoms with E-state index in [0.29, 0.717) is 13.2 Å². The van der Waals surface area contributed by atoms with Gasteiger partial charge in [0.2, 0.25) is 0 Å². The van der Waals surface area contributed by atoms with E-state index in [2.05, 4.69) is 18.0 Å². The number of methoxy groups -OCH3 is 1. The summed E-state index contributed by atoms with van der Waals surface area (Å²) in [6, 6.07) is 2.27. The zero-order valence-electron chi connectivity index (χ0n) is 8.63. The molecule has 0 saturated heterocycles. The maximum atomic E-state index is 9.08. The largest absolute Gasteiger partial charge is 0.382 e. The van der Waals surface area contributed by atoms with Crippen LogP contribution in [0, 0.1) is 17.2 Å². The maximum absolute atomic E-state index is 9.08. The van der Waals surface area contributed by atoms with Crippen LogP contribution in [-0.2, 0) is 4.74 Å². The number of nitrogens with zero attached hydrogens (tertiary/aromatic N) is 1. The molecule has 0 aliphatic rings. The van der Waals surface area contributed by atoms with Crippen molar-refractivity contribution in [3.8, 4) is 6.07 Å². The molecule has 0 bridgehead atoms. The van der Waals surface area contributed by atoms with Gasteiger partial charge in [-0.05, 0) is 5.92 Å². The lowest BCUT2D eigenvalue weighted by Gasteiger charge is -2.30. The van der Waals surface area contributed by atoms with Crippen molar-refractivity contribution in [2.24, 2.45) is 5.92 Å². The van der Waals surface area contributed by atoms with Gasteiger partial charge >= 0.3 is 0 Å². The lowest BCUT2D eigenvalue weighted by atomic mass is 9.88. The van der Waals surface area contributed by atoms with Crippen LogP contribution in [0.15, 0.2) is 12.7 Å². The standard InChI is InChI=1S/C10H18N2O/c1-5-6-12-10(7-11,8-13-4)9(2)3/h5,9,12H,1,6,8H2,2-4H3. The zero-order chi connectivity index (χ0) is 10.3. The van der Waals surface area contributed by atoms with Crippen LogP contribution in [0.5, 0.6) is 0 Å². The van der Waals surface area contributed by atoms with Gasteiger partial charge in [-0.25, -0.2) is 0 Å². The van der Waals surface area contributed by atoms with E-state index in [1.54, 1.807) is 13.2 Å². The molecule has 3 heteroatoms. The smallest absolute Gasteiger partial charge is 0.132 e. The predicted octanol–water partition coefficient (Wildman–Crippen LogP) is 1.33. The average molecular weight is 182 g/mol. The van der Waals surface area contributed by atoms with Gasteiger partial charge in [0.05, 0.1) is 12.7 Å². The van der Waals surface area contributed by atoms with E-state index < -0.39 is 5.54 Å². The molecule has 0 saturated carbocycles. The highest BCUT2D eigenvalue weighted by atomic mass is 16.5. The van der Waals surface area contributed by atoms with Crippen LogP contribution in [0.2, 0.25) is 0 Å². The topological polar surface area (TPSA) is 45.0 Å². The molecule has 0 amide bonds. The van der Waals surface area contributed by atoms with E-state index in [-0.39, 0.29) is 5.92 Å². The normalized spacial score (nSPS) is 15.0. The third kappa shape index (κ3) is 3.17. The summed E-state index contributed by atoms with van der Waals surface area (Å²) < 4.78 is 5.04. The molecule has 0 fully saturated rings. The molecule has 0 aliphatic carbocycles. The second-order valence-electron chi connectivity index (χ2n) is 3.34. The van der Waals surface area contributed by atoms with Gasteiger partial charge in [-0.1, -0.05) is 19.9 Å². The maximum Gasteiger partial charge on any atom is 0.132 e. The summed E-state index contributed by atoms with van der Waals surface area (Å²) in [4.78, 5) is 0. The third-order valence-corrected chi connectivity index (χ3v) is 2.12. The molecular weight excluding hydrogens is 164 g/mol. The Morgan fingerprint density at radius 1 is 1.69 bits per heavy atom. The van der Waals surface area contributed by atoms with E-state index in [9.17, 15) is 0 Å². The van der Waals surface area contributed by atoms with Crippen LogP contribution < -0.4 is 5.32 Å². The lowest BCUT2D eigenvalue weighted by Crippen LogP contribution is -2.52. The molecule has 13 heavy (non-hydrogen) atoms. The SMILES string of the molecule is C=CCNC(C#N)(COC)C(C)C. The highest BCUT2D eigenvalue weighted by Gasteiger charge is 2.32. The molecule has 0 heterocycles. The van der Waals surface area contributed by atoms with Crippen LogP contribution in [0.1, 0.15) is 13.8 Å². The van der Waals surface area contributed by atoms with Crippen LogP contribution in [0.3, 0.4) is 0 Å². The average Bonchev–Trinajstić information content (AvgIpc) is 2.12. The molecule has 0 spiro atoms. The number of hydrogen-bond donors (Lipinski definition) is 1. The van der Waals surface area contributed by atoms with Crippen molar-refractivity contribution in [2.45, 2.75) is 19.4 Å². The Morgan fingerprint density at radius 2 is 2.31 bits per heavy atom. The summed E-state index contributed by atoms with van der Waals surface area (Å²) in [6.07, 6.45) is 1.74. The molecule has 3 nitrogen and oxygen atoms in total. The van der Waals surface area contributed by atoms with Crippen molar-refractivity contribution in [3.63, 3.8) is 0 Å². The summed E-state index contributed by atoms with van der Waals surface area (Å²) in [5.74, 6) is 0.206. The molecular formula is C10H18N2O. The van der Waals surface area contributed by atoms with Gasteiger partial charge in [-0.3, -0.25) is 5.32 Å². The van der Waals surface area contributed by atoms with Gasteiger partial charge in [-0.15, -0.1) is 6.58 Å². The first-order valence-corrected chi connectivity index (χ1v) is 4.39. The van der Waals surface area contributed by atoms with Gasteiger partial charge in [-0.2, -0.15) is 5.26 Å². The van der Waals surface area contributed by atoms with Gasteiger partial charge in [0.15, 0.2) is 0 Å². The molecule has 0 aromatic heterocycles. The van der Waals surface area contributed by atoms with Gasteiger partial charge < -0.3 is 4.74 Å². The molecule has 74 valence electrons. The first-order valence-electron chi connectivity index (χ1n) is 4.39. The van der Waals surface area contributed by atoms with Crippen molar-refractivity contribution in [1.29, 1.82) is 5.26 Å². The fourth-order valence-electron chi connectivity index (χ4n) is 1.10. The van der Waals surface area contributed by atoms with Gasteiger partial charge in [0.1, 0.15) is 5.54 Å². The summed E-state index contributed by atoms with van der Waals surface area (Å²) in [5, 5.41) is 12.2. The van der Waals surface area contributed by atoms with E-state index in [4.69, 9.17) is 10.00 Å². The quantitative estimate of drug-likeness (QED) is 0.630. The van der Waals surface area contributed by atoms with E-state index in [0.717, 1.165) is 0 Å². The van der Waals surface area contributed by atoms with E-state index >= 15 is 0 Å². The van der Waals surface area contributed by atoms with Gasteiger partial charge in [0.25, 0.3) is 0 Å². The highest BCUT2D eigenvalue weighted by Crippen LogP contribution is 2.16. The Balaban J connectivity index is 4.46. The predicted molar refractivity (Wildman–Crippen MR) is 53.3 cm³/mol. The molecule has 0 aromatic carbocycles. The fraction of sp³-hybridized carbons (Fsp3) is 0.700. The monoisotopic (exact) mass is 182 g/mol. The molecule has 0 radical (unpaired) electrons. The summed E-state index contributed by atoms with van der Waals surface area (Å²) in [5.41, 5.74) is -0.594. The van der Waals surface area contributed by atoms with E-state index in [1.807, 2.05) is 13.8 Å². The summed E-state index contributed by atoms with van der Waals surface area (Å²) >= 11 is 0. The summed E-state index contributed by atoms with van der Waals surface area (Å²) in [7, 11) is 1.60. The summed E-state index contributed by atoms with van der Waals surface area (Å²) in [6.45, 7) is 8.62.